The molecule has 1 fully saturated rings. The van der Waals surface area contributed by atoms with Gasteiger partial charge in [-0.05, 0) is 77.2 Å². The Balaban J connectivity index is 0.000000157. The minimum Gasteiger partial charge on any atom is -0.374 e. The standard InChI is InChI=1S/C22H21N2.C17H19N2.Ir/c1-15-14-19(16-8-5-6-9-16)18-12-7-13-20-21(18)24(15)22(23-20)17-10-3-2-4-11-17;1-12(2)19-15-10-7-11-18-16(15)13-8-5-6-9-14(13)17(19,3)4;/h2-4,7,10,12-16H,5-6,8-9H2,1H3;5-7,9-12H,1-4H3;/q2*-1;. The van der Waals surface area contributed by atoms with E-state index in [0.29, 0.717) is 12.1 Å². The number of anilines is 1. The molecule has 0 saturated heterocycles. The molecule has 3 aromatic carbocycles. The number of aromatic nitrogens is 3. The number of hydrogen-bond donors (Lipinski definition) is 0. The van der Waals surface area contributed by atoms with E-state index in [1.54, 1.807) is 5.57 Å². The van der Waals surface area contributed by atoms with Crippen LogP contribution in [0.3, 0.4) is 0 Å². The van der Waals surface area contributed by atoms with Crippen molar-refractivity contribution in [2.24, 2.45) is 5.92 Å². The molecule has 4 nitrogen and oxygen atoms in total. The molecule has 5 aromatic rings. The van der Waals surface area contributed by atoms with Crippen LogP contribution >= 0.6 is 0 Å². The average molecular weight is 757 g/mol. The van der Waals surface area contributed by atoms with Crippen molar-refractivity contribution in [3.8, 4) is 22.6 Å². The Morgan fingerprint density at radius 3 is 2.45 bits per heavy atom. The Morgan fingerprint density at radius 1 is 0.909 bits per heavy atom. The summed E-state index contributed by atoms with van der Waals surface area (Å²) in [6, 6.07) is 32.6. The molecule has 1 atom stereocenters. The van der Waals surface area contributed by atoms with E-state index in [9.17, 15) is 0 Å². The third-order valence-corrected chi connectivity index (χ3v) is 9.51. The van der Waals surface area contributed by atoms with Gasteiger partial charge in [-0.1, -0.05) is 31.1 Å². The van der Waals surface area contributed by atoms with E-state index in [0.717, 1.165) is 34.1 Å². The second kappa shape index (κ2) is 12.1. The summed E-state index contributed by atoms with van der Waals surface area (Å²) in [7, 11) is 0. The number of hydrogen-bond acceptors (Lipinski definition) is 3. The molecular weight excluding hydrogens is 717 g/mol. The van der Waals surface area contributed by atoms with Crippen molar-refractivity contribution in [3.63, 3.8) is 0 Å². The summed E-state index contributed by atoms with van der Waals surface area (Å²) in [5.74, 6) is 1.76. The van der Waals surface area contributed by atoms with Gasteiger partial charge < -0.3 is 14.5 Å². The Kier molecular flexibility index (Phi) is 8.39. The molecular formula is C39H40IrN4-2. The van der Waals surface area contributed by atoms with E-state index >= 15 is 0 Å². The predicted octanol–water partition coefficient (Wildman–Crippen LogP) is 9.66. The Hall–Kier alpha value is -3.53. The van der Waals surface area contributed by atoms with Crippen molar-refractivity contribution in [2.75, 3.05) is 4.90 Å². The molecule has 0 N–H and O–H groups in total. The fraction of sp³-hybridized carbons (Fsp3) is 0.333. The van der Waals surface area contributed by atoms with Crippen molar-refractivity contribution < 1.29 is 20.1 Å². The summed E-state index contributed by atoms with van der Waals surface area (Å²) < 4.78 is 2.40. The maximum atomic E-state index is 4.96. The first-order valence-corrected chi connectivity index (χ1v) is 15.8. The molecule has 2 aromatic heterocycles. The first-order chi connectivity index (χ1) is 20.9. The predicted molar refractivity (Wildman–Crippen MR) is 178 cm³/mol. The van der Waals surface area contributed by atoms with Crippen LogP contribution in [0.25, 0.3) is 39.3 Å². The van der Waals surface area contributed by atoms with Gasteiger partial charge >= 0.3 is 0 Å². The Labute approximate surface area is 275 Å². The zero-order chi connectivity index (χ0) is 29.7. The van der Waals surface area contributed by atoms with Gasteiger partial charge in [-0.3, -0.25) is 4.98 Å². The summed E-state index contributed by atoms with van der Waals surface area (Å²) >= 11 is 0. The minimum absolute atomic E-state index is 0. The maximum absolute atomic E-state index is 4.96. The van der Waals surface area contributed by atoms with Crippen LogP contribution in [0.4, 0.5) is 5.69 Å². The number of nitrogens with zero attached hydrogens (tertiary/aromatic N) is 4. The van der Waals surface area contributed by atoms with E-state index in [1.165, 1.54) is 48.0 Å². The number of pyridine rings is 1. The largest absolute Gasteiger partial charge is 0.374 e. The van der Waals surface area contributed by atoms with E-state index in [-0.39, 0.29) is 25.6 Å². The normalized spacial score (nSPS) is 18.2. The molecule has 1 aliphatic carbocycles. The average Bonchev–Trinajstić information content (AvgIpc) is 3.69. The second-order valence-electron chi connectivity index (χ2n) is 13.0. The van der Waals surface area contributed by atoms with Crippen LogP contribution in [0, 0.1) is 18.1 Å². The zero-order valence-electron chi connectivity index (χ0n) is 26.3. The molecule has 3 aliphatic rings. The number of rotatable bonds is 3. The van der Waals surface area contributed by atoms with Crippen molar-refractivity contribution in [1.29, 1.82) is 0 Å². The van der Waals surface area contributed by atoms with Crippen LogP contribution < -0.4 is 4.90 Å². The fourth-order valence-corrected chi connectivity index (χ4v) is 7.80. The van der Waals surface area contributed by atoms with E-state index in [2.05, 4.69) is 116 Å². The van der Waals surface area contributed by atoms with E-state index < -0.39 is 0 Å². The van der Waals surface area contributed by atoms with Crippen LogP contribution in [0.2, 0.25) is 0 Å². The molecule has 8 rings (SSSR count). The van der Waals surface area contributed by atoms with Crippen LogP contribution in [-0.4, -0.2) is 20.6 Å². The topological polar surface area (TPSA) is 34.0 Å². The molecule has 0 bridgehead atoms. The fourth-order valence-electron chi connectivity index (χ4n) is 7.80. The molecule has 5 heteroatoms. The third kappa shape index (κ3) is 5.04. The molecule has 4 heterocycles. The molecule has 227 valence electrons. The van der Waals surface area contributed by atoms with Crippen LogP contribution in [0.1, 0.15) is 77.5 Å². The number of fused-ring (bicyclic) bond motifs is 3. The first kappa shape index (κ1) is 30.5. The van der Waals surface area contributed by atoms with Crippen molar-refractivity contribution in [3.05, 3.63) is 108 Å². The minimum atomic E-state index is -0.0444. The summed E-state index contributed by atoms with van der Waals surface area (Å²) in [5, 5.41) is 0. The van der Waals surface area contributed by atoms with Gasteiger partial charge in [0.05, 0.1) is 16.9 Å². The number of benzene rings is 3. The van der Waals surface area contributed by atoms with E-state index in [4.69, 9.17) is 4.98 Å². The summed E-state index contributed by atoms with van der Waals surface area (Å²) in [6.07, 6.45) is 9.75. The van der Waals surface area contributed by atoms with Crippen LogP contribution in [-0.2, 0) is 25.6 Å². The van der Waals surface area contributed by atoms with Gasteiger partial charge in [0.25, 0.3) is 0 Å². The summed E-state index contributed by atoms with van der Waals surface area (Å²) in [6.45, 7) is 11.3. The third-order valence-electron chi connectivity index (χ3n) is 9.51. The second-order valence-corrected chi connectivity index (χ2v) is 13.0. The van der Waals surface area contributed by atoms with Crippen LogP contribution in [0.5, 0.6) is 0 Å². The molecule has 1 radical (unpaired) electrons. The maximum Gasteiger partial charge on any atom is 0.0777 e. The monoisotopic (exact) mass is 757 g/mol. The number of para-hydroxylation sites is 1. The van der Waals surface area contributed by atoms with Gasteiger partial charge in [0, 0.05) is 60.9 Å². The van der Waals surface area contributed by atoms with Gasteiger partial charge in [-0.2, -0.15) is 0 Å². The van der Waals surface area contributed by atoms with Gasteiger partial charge in [-0.25, -0.2) is 0 Å². The Bertz CT molecular complexity index is 1810. The number of imidazole rings is 1. The van der Waals surface area contributed by atoms with Crippen LogP contribution in [0.15, 0.2) is 85.1 Å². The molecule has 2 aliphatic heterocycles. The van der Waals surface area contributed by atoms with E-state index in [1.807, 2.05) is 30.5 Å². The smallest absolute Gasteiger partial charge is 0.0777 e. The molecule has 0 amide bonds. The van der Waals surface area contributed by atoms with Crippen molar-refractivity contribution >= 4 is 22.3 Å². The Morgan fingerprint density at radius 2 is 1.70 bits per heavy atom. The summed E-state index contributed by atoms with van der Waals surface area (Å²) in [4.78, 5) is 12.0. The molecule has 44 heavy (non-hydrogen) atoms. The van der Waals surface area contributed by atoms with Gasteiger partial charge in [0.15, 0.2) is 0 Å². The molecule has 1 saturated carbocycles. The summed E-state index contributed by atoms with van der Waals surface area (Å²) in [5.41, 5.74) is 11.1. The number of allylic oxidation sites excluding steroid dienone is 2. The van der Waals surface area contributed by atoms with Crippen molar-refractivity contribution in [2.45, 2.75) is 77.9 Å². The molecule has 0 spiro atoms. The molecule has 1 unspecified atom stereocenters. The zero-order valence-corrected chi connectivity index (χ0v) is 28.7. The van der Waals surface area contributed by atoms with Gasteiger partial charge in [0.1, 0.15) is 0 Å². The van der Waals surface area contributed by atoms with Crippen molar-refractivity contribution in [1.82, 2.24) is 14.5 Å². The van der Waals surface area contributed by atoms with Gasteiger partial charge in [0.2, 0.25) is 0 Å². The quantitative estimate of drug-likeness (QED) is 0.172. The SMILES string of the molecule is CC(C)N1c2cccnc2-c2[c-]cccc2C1(C)C.CC1C=C(C2CCCC2)c2cccc3nc(-c4[c-]cccc4)n1c23.[Ir]. The first-order valence-electron chi connectivity index (χ1n) is 15.8. The van der Waals surface area contributed by atoms with Gasteiger partial charge in [-0.15, -0.1) is 71.3 Å².